The molecule has 0 saturated heterocycles. The third-order valence-corrected chi connectivity index (χ3v) is 6.16. The summed E-state index contributed by atoms with van der Waals surface area (Å²) in [6.45, 7) is 0.0527. The van der Waals surface area contributed by atoms with Crippen molar-refractivity contribution in [3.63, 3.8) is 0 Å². The molecular formula is C23H24F2N2O3. The Morgan fingerprint density at radius 1 is 0.967 bits per heavy atom. The number of carbonyl (C=O) groups excluding carboxylic acids is 1. The summed E-state index contributed by atoms with van der Waals surface area (Å²) in [6.07, 6.45) is 3.52. The number of Topliss-reactive ketones (excluding diaryl/α,β-unsaturated/α-hetero) is 1. The van der Waals surface area contributed by atoms with Crippen molar-refractivity contribution >= 4 is 11.9 Å². The van der Waals surface area contributed by atoms with Gasteiger partial charge < -0.3 is 10.4 Å². The number of hydrogen-bond donors (Lipinski definition) is 2. The molecule has 2 aliphatic carbocycles. The van der Waals surface area contributed by atoms with Crippen molar-refractivity contribution < 1.29 is 23.5 Å². The van der Waals surface area contributed by atoms with Crippen LogP contribution in [0.4, 0.5) is 13.6 Å². The number of rotatable bonds is 6. The minimum atomic E-state index is -1.14. The van der Waals surface area contributed by atoms with Crippen LogP contribution in [0.1, 0.15) is 77.7 Å². The molecule has 2 fully saturated rings. The summed E-state index contributed by atoms with van der Waals surface area (Å²) in [7, 11) is 0. The van der Waals surface area contributed by atoms with E-state index in [0.717, 1.165) is 24.5 Å². The lowest BCUT2D eigenvalue weighted by Gasteiger charge is -2.28. The molecule has 0 spiro atoms. The van der Waals surface area contributed by atoms with Crippen molar-refractivity contribution in [1.29, 1.82) is 0 Å². The molecule has 5 nitrogen and oxygen atoms in total. The fraction of sp³-hybridized carbons (Fsp3) is 0.435. The second kappa shape index (κ2) is 8.50. The molecule has 30 heavy (non-hydrogen) atoms. The Hall–Kier alpha value is -2.83. The van der Waals surface area contributed by atoms with Crippen molar-refractivity contribution in [2.24, 2.45) is 5.92 Å². The maximum absolute atomic E-state index is 14.1. The first-order chi connectivity index (χ1) is 14.4. The van der Waals surface area contributed by atoms with E-state index in [1.165, 1.54) is 12.1 Å². The van der Waals surface area contributed by atoms with Gasteiger partial charge in [-0.25, -0.2) is 18.6 Å². The van der Waals surface area contributed by atoms with Crippen LogP contribution < -0.4 is 5.32 Å². The molecule has 2 saturated carbocycles. The Balaban J connectivity index is 1.48. The standard InChI is InChI=1S/C23H24F2N2O3/c24-16-7-9-18(20(25)11-16)13-3-5-15(6-4-13)22(28)21-19(14-1-2-14)10-8-17(27-21)12-26-23(29)30/h7-11,13-15,26H,1-6,12H2,(H,29,30). The van der Waals surface area contributed by atoms with E-state index in [1.807, 2.05) is 6.07 Å². The molecule has 0 atom stereocenters. The van der Waals surface area contributed by atoms with E-state index in [-0.39, 0.29) is 24.2 Å². The molecule has 0 unspecified atom stereocenters. The topological polar surface area (TPSA) is 79.3 Å². The molecule has 1 aromatic carbocycles. The minimum Gasteiger partial charge on any atom is -0.465 e. The molecule has 7 heteroatoms. The fourth-order valence-corrected chi connectivity index (χ4v) is 4.39. The van der Waals surface area contributed by atoms with Gasteiger partial charge in [0.15, 0.2) is 5.78 Å². The average Bonchev–Trinajstić information content (AvgIpc) is 3.57. The summed E-state index contributed by atoms with van der Waals surface area (Å²) in [5.41, 5.74) is 2.44. The van der Waals surface area contributed by atoms with E-state index in [4.69, 9.17) is 5.11 Å². The molecule has 2 aliphatic rings. The Morgan fingerprint density at radius 2 is 1.60 bits per heavy atom. The van der Waals surface area contributed by atoms with Crippen LogP contribution in [-0.2, 0) is 6.54 Å². The fourth-order valence-electron chi connectivity index (χ4n) is 4.39. The number of aromatic nitrogens is 1. The van der Waals surface area contributed by atoms with Crippen molar-refractivity contribution in [3.8, 4) is 0 Å². The van der Waals surface area contributed by atoms with E-state index in [2.05, 4.69) is 10.3 Å². The zero-order chi connectivity index (χ0) is 21.3. The number of ketones is 1. The Labute approximate surface area is 173 Å². The first-order valence-corrected chi connectivity index (χ1v) is 10.4. The number of carbonyl (C=O) groups is 2. The van der Waals surface area contributed by atoms with Gasteiger partial charge in [-0.05, 0) is 73.6 Å². The van der Waals surface area contributed by atoms with Gasteiger partial charge in [-0.3, -0.25) is 4.79 Å². The van der Waals surface area contributed by atoms with Crippen LogP contribution in [0, 0.1) is 17.6 Å². The van der Waals surface area contributed by atoms with Gasteiger partial charge in [0.1, 0.15) is 17.3 Å². The SMILES string of the molecule is O=C(O)NCc1ccc(C2CC2)c(C(=O)C2CCC(c3ccc(F)cc3F)CC2)n1. The zero-order valence-electron chi connectivity index (χ0n) is 16.5. The lowest BCUT2D eigenvalue weighted by molar-refractivity contribution is 0.0877. The smallest absolute Gasteiger partial charge is 0.404 e. The van der Waals surface area contributed by atoms with Gasteiger partial charge in [0.2, 0.25) is 0 Å². The van der Waals surface area contributed by atoms with Crippen LogP contribution in [0.2, 0.25) is 0 Å². The zero-order valence-corrected chi connectivity index (χ0v) is 16.5. The van der Waals surface area contributed by atoms with Crippen LogP contribution in [0.15, 0.2) is 30.3 Å². The number of carboxylic acid groups (broad SMARTS) is 1. The summed E-state index contributed by atoms with van der Waals surface area (Å²) < 4.78 is 27.3. The summed E-state index contributed by atoms with van der Waals surface area (Å²) in [6, 6.07) is 7.36. The summed E-state index contributed by atoms with van der Waals surface area (Å²) in [4.78, 5) is 28.5. The van der Waals surface area contributed by atoms with Gasteiger partial charge >= 0.3 is 6.09 Å². The number of nitrogens with one attached hydrogen (secondary N) is 1. The normalized spacial score (nSPS) is 21.3. The van der Waals surface area contributed by atoms with Crippen molar-refractivity contribution in [2.45, 2.75) is 56.9 Å². The summed E-state index contributed by atoms with van der Waals surface area (Å²) in [5.74, 6) is -0.971. The van der Waals surface area contributed by atoms with Crippen LogP contribution in [-0.4, -0.2) is 22.0 Å². The van der Waals surface area contributed by atoms with Gasteiger partial charge in [0.05, 0.1) is 12.2 Å². The molecule has 1 heterocycles. The molecule has 158 valence electrons. The second-order valence-electron chi connectivity index (χ2n) is 8.25. The third kappa shape index (κ3) is 4.50. The maximum Gasteiger partial charge on any atom is 0.404 e. The van der Waals surface area contributed by atoms with Crippen LogP contribution in [0.25, 0.3) is 0 Å². The molecule has 0 aliphatic heterocycles. The van der Waals surface area contributed by atoms with E-state index in [9.17, 15) is 18.4 Å². The van der Waals surface area contributed by atoms with E-state index >= 15 is 0 Å². The van der Waals surface area contributed by atoms with Gasteiger partial charge in [0.25, 0.3) is 0 Å². The number of halogens is 2. The van der Waals surface area contributed by atoms with Crippen LogP contribution in [0.3, 0.4) is 0 Å². The minimum absolute atomic E-state index is 0.00731. The van der Waals surface area contributed by atoms with Crippen LogP contribution >= 0.6 is 0 Å². The predicted octanol–water partition coefficient (Wildman–Crippen LogP) is 5.16. The van der Waals surface area contributed by atoms with E-state index in [0.29, 0.717) is 48.6 Å². The summed E-state index contributed by atoms with van der Waals surface area (Å²) >= 11 is 0. The molecule has 2 aromatic rings. The van der Waals surface area contributed by atoms with E-state index in [1.54, 1.807) is 6.07 Å². The van der Waals surface area contributed by atoms with Gasteiger partial charge in [-0.15, -0.1) is 0 Å². The number of hydrogen-bond acceptors (Lipinski definition) is 3. The molecule has 2 N–H and O–H groups in total. The highest BCUT2D eigenvalue weighted by Gasteiger charge is 2.34. The maximum atomic E-state index is 14.1. The lowest BCUT2D eigenvalue weighted by atomic mass is 9.76. The highest BCUT2D eigenvalue weighted by atomic mass is 19.1. The molecule has 1 aromatic heterocycles. The molecular weight excluding hydrogens is 390 g/mol. The summed E-state index contributed by atoms with van der Waals surface area (Å²) in [5, 5.41) is 11.1. The highest BCUT2D eigenvalue weighted by molar-refractivity contribution is 5.97. The predicted molar refractivity (Wildman–Crippen MR) is 106 cm³/mol. The molecule has 1 amide bonds. The molecule has 0 bridgehead atoms. The van der Waals surface area contributed by atoms with Gasteiger partial charge in [0, 0.05) is 12.0 Å². The Bertz CT molecular complexity index is 967. The van der Waals surface area contributed by atoms with E-state index < -0.39 is 17.7 Å². The first-order valence-electron chi connectivity index (χ1n) is 10.4. The lowest BCUT2D eigenvalue weighted by Crippen LogP contribution is -2.25. The monoisotopic (exact) mass is 414 g/mol. The Kier molecular flexibility index (Phi) is 5.79. The average molecular weight is 414 g/mol. The second-order valence-corrected chi connectivity index (χ2v) is 8.25. The number of benzene rings is 1. The number of pyridine rings is 1. The number of amides is 1. The molecule has 0 radical (unpaired) electrons. The first kappa shape index (κ1) is 20.4. The molecule has 4 rings (SSSR count). The van der Waals surface area contributed by atoms with Crippen molar-refractivity contribution in [1.82, 2.24) is 10.3 Å². The van der Waals surface area contributed by atoms with Crippen molar-refractivity contribution in [3.05, 3.63) is 64.5 Å². The Morgan fingerprint density at radius 3 is 2.23 bits per heavy atom. The largest absolute Gasteiger partial charge is 0.465 e. The van der Waals surface area contributed by atoms with Gasteiger partial charge in [-0.2, -0.15) is 0 Å². The third-order valence-electron chi connectivity index (χ3n) is 6.16. The van der Waals surface area contributed by atoms with Crippen molar-refractivity contribution in [2.75, 3.05) is 0 Å². The van der Waals surface area contributed by atoms with Crippen LogP contribution in [0.5, 0.6) is 0 Å². The van der Waals surface area contributed by atoms with Gasteiger partial charge in [-0.1, -0.05) is 12.1 Å². The highest BCUT2D eigenvalue weighted by Crippen LogP contribution is 2.43. The number of nitrogens with zero attached hydrogens (tertiary/aromatic N) is 1. The quantitative estimate of drug-likeness (QED) is 0.640.